The lowest BCUT2D eigenvalue weighted by Crippen LogP contribution is -2.30. The van der Waals surface area contributed by atoms with Crippen molar-refractivity contribution < 1.29 is 28.4 Å². The summed E-state index contributed by atoms with van der Waals surface area (Å²) in [6.45, 7) is 4.88. The number of imide groups is 1. The lowest BCUT2D eigenvalue weighted by atomic mass is 10.1. The predicted molar refractivity (Wildman–Crippen MR) is 114 cm³/mol. The van der Waals surface area contributed by atoms with Gasteiger partial charge in [0.1, 0.15) is 5.76 Å². The molecule has 32 heavy (non-hydrogen) atoms. The number of ether oxygens (including phenoxy) is 1. The van der Waals surface area contributed by atoms with Crippen molar-refractivity contribution in [3.8, 4) is 0 Å². The van der Waals surface area contributed by atoms with E-state index >= 15 is 0 Å². The summed E-state index contributed by atoms with van der Waals surface area (Å²) in [7, 11) is 0. The summed E-state index contributed by atoms with van der Waals surface area (Å²) in [5.41, 5.74) is 1.60. The molecular formula is C23H19N3O6. The van der Waals surface area contributed by atoms with E-state index in [0.717, 1.165) is 10.5 Å². The third-order valence-electron chi connectivity index (χ3n) is 5.01. The van der Waals surface area contributed by atoms with Gasteiger partial charge in [0.2, 0.25) is 0 Å². The molecule has 1 aromatic heterocycles. The molecule has 0 aliphatic carbocycles. The summed E-state index contributed by atoms with van der Waals surface area (Å²) in [6, 6.07) is 12.7. The zero-order valence-corrected chi connectivity index (χ0v) is 17.5. The van der Waals surface area contributed by atoms with Crippen LogP contribution in [0.1, 0.15) is 49.3 Å². The fourth-order valence-electron chi connectivity index (χ4n) is 3.34. The van der Waals surface area contributed by atoms with Crippen LogP contribution in [0.5, 0.6) is 0 Å². The number of carbonyl (C=O) groups is 4. The fourth-order valence-corrected chi connectivity index (χ4v) is 3.34. The van der Waals surface area contributed by atoms with E-state index in [1.54, 1.807) is 32.0 Å². The van der Waals surface area contributed by atoms with E-state index in [-0.39, 0.29) is 22.5 Å². The van der Waals surface area contributed by atoms with Crippen LogP contribution in [-0.2, 0) is 9.53 Å². The molecule has 2 aromatic carbocycles. The van der Waals surface area contributed by atoms with Gasteiger partial charge in [0.25, 0.3) is 17.7 Å². The third kappa shape index (κ3) is 3.76. The lowest BCUT2D eigenvalue weighted by molar-refractivity contribution is -0.123. The number of aryl methyl sites for hydroxylation is 2. The SMILES string of the molecule is Cc1cc(NC(=O)[C@@H](C)OC(=O)c2ccc3c(c2)C(=O)N(c2ccccc2C)C3=O)no1. The van der Waals surface area contributed by atoms with Crippen LogP contribution in [0.25, 0.3) is 0 Å². The predicted octanol–water partition coefficient (Wildman–Crippen LogP) is 3.28. The molecule has 4 rings (SSSR count). The Labute approximate surface area is 182 Å². The van der Waals surface area contributed by atoms with Crippen LogP contribution >= 0.6 is 0 Å². The Balaban J connectivity index is 1.51. The number of para-hydroxylation sites is 1. The Morgan fingerprint density at radius 2 is 1.75 bits per heavy atom. The van der Waals surface area contributed by atoms with Gasteiger partial charge in [-0.25, -0.2) is 9.69 Å². The van der Waals surface area contributed by atoms with Crippen LogP contribution in [-0.4, -0.2) is 35.0 Å². The first kappa shape index (κ1) is 21.0. The number of nitrogens with one attached hydrogen (secondary N) is 1. The minimum atomic E-state index is -1.13. The minimum Gasteiger partial charge on any atom is -0.449 e. The van der Waals surface area contributed by atoms with Gasteiger partial charge in [-0.2, -0.15) is 0 Å². The standard InChI is InChI=1S/C23H19N3O6/c1-12-6-4-5-7-18(12)26-21(28)16-9-8-15(11-17(16)22(26)29)23(30)31-14(3)20(27)24-19-10-13(2)32-25-19/h4-11,14H,1-3H3,(H,24,25,27)/t14-/m1/s1. The summed E-state index contributed by atoms with van der Waals surface area (Å²) in [6.07, 6.45) is -1.13. The Kier molecular flexibility index (Phi) is 5.31. The topological polar surface area (TPSA) is 119 Å². The molecule has 0 bridgehead atoms. The number of amides is 3. The Morgan fingerprint density at radius 1 is 1.03 bits per heavy atom. The zero-order valence-electron chi connectivity index (χ0n) is 17.5. The maximum absolute atomic E-state index is 12.9. The van der Waals surface area contributed by atoms with Gasteiger partial charge in [-0.15, -0.1) is 0 Å². The van der Waals surface area contributed by atoms with Gasteiger partial charge < -0.3 is 14.6 Å². The molecule has 0 saturated heterocycles. The molecule has 9 nitrogen and oxygen atoms in total. The maximum atomic E-state index is 12.9. The van der Waals surface area contributed by atoms with Crippen LogP contribution in [0.2, 0.25) is 0 Å². The number of hydrogen-bond acceptors (Lipinski definition) is 7. The first-order chi connectivity index (χ1) is 15.3. The largest absolute Gasteiger partial charge is 0.449 e. The van der Waals surface area contributed by atoms with E-state index in [0.29, 0.717) is 11.4 Å². The molecule has 0 saturated carbocycles. The number of anilines is 2. The molecule has 2 heterocycles. The van der Waals surface area contributed by atoms with Crippen molar-refractivity contribution in [2.24, 2.45) is 0 Å². The van der Waals surface area contributed by atoms with Crippen molar-refractivity contribution >= 4 is 35.2 Å². The summed E-state index contributed by atoms with van der Waals surface area (Å²) in [4.78, 5) is 51.6. The molecular weight excluding hydrogens is 414 g/mol. The van der Waals surface area contributed by atoms with Crippen LogP contribution in [0, 0.1) is 13.8 Å². The van der Waals surface area contributed by atoms with Crippen molar-refractivity contribution in [2.75, 3.05) is 10.2 Å². The Bertz CT molecular complexity index is 1260. The fraction of sp³-hybridized carbons (Fsp3) is 0.174. The van der Waals surface area contributed by atoms with Crippen LogP contribution in [0.3, 0.4) is 0 Å². The number of carbonyl (C=O) groups excluding carboxylic acids is 4. The Hall–Kier alpha value is -4.27. The molecule has 3 amide bonds. The van der Waals surface area contributed by atoms with Crippen molar-refractivity contribution in [2.45, 2.75) is 26.9 Å². The molecule has 1 aliphatic rings. The first-order valence-corrected chi connectivity index (χ1v) is 9.80. The van der Waals surface area contributed by atoms with Crippen molar-refractivity contribution in [1.29, 1.82) is 0 Å². The number of esters is 1. The molecule has 1 N–H and O–H groups in total. The van der Waals surface area contributed by atoms with Gasteiger partial charge in [-0.05, 0) is 50.6 Å². The average molecular weight is 433 g/mol. The van der Waals surface area contributed by atoms with E-state index in [1.165, 1.54) is 31.2 Å². The Morgan fingerprint density at radius 3 is 2.44 bits per heavy atom. The van der Waals surface area contributed by atoms with Gasteiger partial charge in [0, 0.05) is 6.07 Å². The second-order valence-electron chi connectivity index (χ2n) is 7.35. The van der Waals surface area contributed by atoms with Crippen LogP contribution in [0.15, 0.2) is 53.1 Å². The molecule has 0 unspecified atom stereocenters. The van der Waals surface area contributed by atoms with Gasteiger partial charge in [-0.1, -0.05) is 23.4 Å². The zero-order chi connectivity index (χ0) is 23.0. The van der Waals surface area contributed by atoms with Crippen LogP contribution in [0.4, 0.5) is 11.5 Å². The molecule has 1 atom stereocenters. The summed E-state index contributed by atoms with van der Waals surface area (Å²) < 4.78 is 10.1. The third-order valence-corrected chi connectivity index (χ3v) is 5.01. The van der Waals surface area contributed by atoms with E-state index in [1.807, 2.05) is 6.07 Å². The molecule has 3 aromatic rings. The number of fused-ring (bicyclic) bond motifs is 1. The van der Waals surface area contributed by atoms with Gasteiger partial charge in [0.15, 0.2) is 11.9 Å². The molecule has 0 spiro atoms. The molecule has 162 valence electrons. The second-order valence-corrected chi connectivity index (χ2v) is 7.35. The number of rotatable bonds is 5. The highest BCUT2D eigenvalue weighted by Gasteiger charge is 2.38. The first-order valence-electron chi connectivity index (χ1n) is 9.80. The normalized spacial score (nSPS) is 13.7. The second kappa shape index (κ2) is 8.10. The smallest absolute Gasteiger partial charge is 0.338 e. The number of hydrogen-bond donors (Lipinski definition) is 1. The number of benzene rings is 2. The van der Waals surface area contributed by atoms with Gasteiger partial charge in [0.05, 0.1) is 22.4 Å². The molecule has 1 aliphatic heterocycles. The van der Waals surface area contributed by atoms with E-state index < -0.39 is 29.8 Å². The van der Waals surface area contributed by atoms with Crippen molar-refractivity contribution in [3.05, 3.63) is 76.5 Å². The van der Waals surface area contributed by atoms with Crippen molar-refractivity contribution in [1.82, 2.24) is 5.16 Å². The number of aromatic nitrogens is 1. The monoisotopic (exact) mass is 433 g/mol. The lowest BCUT2D eigenvalue weighted by Gasteiger charge is -2.16. The summed E-state index contributed by atoms with van der Waals surface area (Å²) >= 11 is 0. The quantitative estimate of drug-likeness (QED) is 0.484. The van der Waals surface area contributed by atoms with Crippen molar-refractivity contribution in [3.63, 3.8) is 0 Å². The highest BCUT2D eigenvalue weighted by atomic mass is 16.5. The minimum absolute atomic E-state index is 0.0495. The maximum Gasteiger partial charge on any atom is 0.338 e. The average Bonchev–Trinajstić information content (AvgIpc) is 3.28. The highest BCUT2D eigenvalue weighted by Crippen LogP contribution is 2.31. The van der Waals surface area contributed by atoms with E-state index in [9.17, 15) is 19.2 Å². The summed E-state index contributed by atoms with van der Waals surface area (Å²) in [5.74, 6) is -1.67. The highest BCUT2D eigenvalue weighted by molar-refractivity contribution is 6.35. The molecule has 0 fully saturated rings. The van der Waals surface area contributed by atoms with E-state index in [2.05, 4.69) is 10.5 Å². The van der Waals surface area contributed by atoms with Gasteiger partial charge in [-0.3, -0.25) is 14.4 Å². The van der Waals surface area contributed by atoms with E-state index in [4.69, 9.17) is 9.26 Å². The number of nitrogens with zero attached hydrogens (tertiary/aromatic N) is 2. The molecule has 0 radical (unpaired) electrons. The summed E-state index contributed by atoms with van der Waals surface area (Å²) in [5, 5.41) is 6.12. The molecule has 9 heteroatoms. The van der Waals surface area contributed by atoms with Gasteiger partial charge >= 0.3 is 5.97 Å². The van der Waals surface area contributed by atoms with Crippen LogP contribution < -0.4 is 10.2 Å².